The van der Waals surface area contributed by atoms with E-state index in [1.54, 1.807) is 11.8 Å². The highest BCUT2D eigenvalue weighted by Crippen LogP contribution is 2.31. The third-order valence-corrected chi connectivity index (χ3v) is 4.57. The van der Waals surface area contributed by atoms with Crippen LogP contribution in [0.2, 0.25) is 0 Å². The molecule has 1 aromatic carbocycles. The fraction of sp³-hybridized carbons (Fsp3) is 0.611. The van der Waals surface area contributed by atoms with Crippen LogP contribution in [0.15, 0.2) is 24.3 Å². The Hall–Kier alpha value is -1.76. The Kier molecular flexibility index (Phi) is 6.32. The SMILES string of the molecule is CCN(C(=O)C(C)Oc1cccc(C(F)(F)F)c1)C1CCN(C)CC1. The zero-order valence-electron chi connectivity index (χ0n) is 14.8. The highest BCUT2D eigenvalue weighted by molar-refractivity contribution is 5.81. The quantitative estimate of drug-likeness (QED) is 0.809. The van der Waals surface area contributed by atoms with Crippen LogP contribution in [0.3, 0.4) is 0 Å². The summed E-state index contributed by atoms with van der Waals surface area (Å²) in [6, 6.07) is 4.78. The fourth-order valence-corrected chi connectivity index (χ4v) is 3.13. The van der Waals surface area contributed by atoms with E-state index in [1.807, 2.05) is 14.0 Å². The van der Waals surface area contributed by atoms with Gasteiger partial charge in [0.1, 0.15) is 5.75 Å². The summed E-state index contributed by atoms with van der Waals surface area (Å²) in [5.41, 5.74) is -0.785. The lowest BCUT2D eigenvalue weighted by atomic mass is 10.0. The maximum atomic E-state index is 12.8. The van der Waals surface area contributed by atoms with E-state index < -0.39 is 17.8 Å². The van der Waals surface area contributed by atoms with Crippen molar-refractivity contribution >= 4 is 5.91 Å². The largest absolute Gasteiger partial charge is 0.481 e. The number of rotatable bonds is 5. The lowest BCUT2D eigenvalue weighted by Gasteiger charge is -2.37. The first-order chi connectivity index (χ1) is 11.7. The van der Waals surface area contributed by atoms with E-state index >= 15 is 0 Å². The zero-order valence-corrected chi connectivity index (χ0v) is 14.8. The molecule has 0 radical (unpaired) electrons. The van der Waals surface area contributed by atoms with Gasteiger partial charge in [-0.25, -0.2) is 0 Å². The molecule has 4 nitrogen and oxygen atoms in total. The lowest BCUT2D eigenvalue weighted by molar-refractivity contribution is -0.141. The number of likely N-dealkylation sites (tertiary alicyclic amines) is 1. The second-order valence-corrected chi connectivity index (χ2v) is 6.44. The van der Waals surface area contributed by atoms with E-state index in [0.717, 1.165) is 38.1 Å². The number of piperidine rings is 1. The van der Waals surface area contributed by atoms with E-state index in [1.165, 1.54) is 12.1 Å². The van der Waals surface area contributed by atoms with Crippen LogP contribution < -0.4 is 4.74 Å². The third-order valence-electron chi connectivity index (χ3n) is 4.57. The number of benzene rings is 1. The van der Waals surface area contributed by atoms with Gasteiger partial charge in [-0.3, -0.25) is 4.79 Å². The second-order valence-electron chi connectivity index (χ2n) is 6.44. The number of carbonyl (C=O) groups excluding carboxylic acids is 1. The van der Waals surface area contributed by atoms with Crippen LogP contribution in [0.4, 0.5) is 13.2 Å². The molecule has 2 rings (SSSR count). The number of amides is 1. The Morgan fingerprint density at radius 2 is 2.00 bits per heavy atom. The van der Waals surface area contributed by atoms with Gasteiger partial charge in [-0.1, -0.05) is 6.07 Å². The number of halogens is 3. The molecule has 1 unspecified atom stereocenters. The van der Waals surface area contributed by atoms with Crippen LogP contribution in [0.5, 0.6) is 5.75 Å². The molecule has 1 aromatic rings. The predicted octanol–water partition coefficient (Wildman–Crippen LogP) is 3.42. The average Bonchev–Trinajstić information content (AvgIpc) is 2.56. The van der Waals surface area contributed by atoms with Crippen LogP contribution in [0.25, 0.3) is 0 Å². The smallest absolute Gasteiger partial charge is 0.416 e. The topological polar surface area (TPSA) is 32.8 Å². The van der Waals surface area contributed by atoms with Crippen molar-refractivity contribution in [1.29, 1.82) is 0 Å². The molecule has 1 saturated heterocycles. The molecule has 1 amide bonds. The zero-order chi connectivity index (χ0) is 18.6. The molecule has 0 N–H and O–H groups in total. The van der Waals surface area contributed by atoms with Gasteiger partial charge in [0.15, 0.2) is 6.10 Å². The first-order valence-electron chi connectivity index (χ1n) is 8.55. The number of hydrogen-bond acceptors (Lipinski definition) is 3. The Balaban J connectivity index is 2.03. The van der Waals surface area contributed by atoms with Gasteiger partial charge in [0, 0.05) is 12.6 Å². The van der Waals surface area contributed by atoms with E-state index in [4.69, 9.17) is 4.74 Å². The molecule has 0 aromatic heterocycles. The number of alkyl halides is 3. The normalized spacial score (nSPS) is 18.0. The highest BCUT2D eigenvalue weighted by Gasteiger charge is 2.32. The van der Waals surface area contributed by atoms with E-state index in [9.17, 15) is 18.0 Å². The summed E-state index contributed by atoms with van der Waals surface area (Å²) in [4.78, 5) is 16.7. The molecule has 1 aliphatic heterocycles. The third kappa shape index (κ3) is 5.11. The minimum atomic E-state index is -4.43. The maximum absolute atomic E-state index is 12.8. The summed E-state index contributed by atoms with van der Waals surface area (Å²) in [5.74, 6) is -0.135. The van der Waals surface area contributed by atoms with Crippen LogP contribution in [-0.2, 0) is 11.0 Å². The van der Waals surface area contributed by atoms with Gasteiger partial charge < -0.3 is 14.5 Å². The molecule has 1 aliphatic rings. The van der Waals surface area contributed by atoms with E-state index in [-0.39, 0.29) is 17.7 Å². The number of hydrogen-bond donors (Lipinski definition) is 0. The van der Waals surface area contributed by atoms with Crippen molar-refractivity contribution in [1.82, 2.24) is 9.80 Å². The van der Waals surface area contributed by atoms with Crippen LogP contribution in [0.1, 0.15) is 32.3 Å². The molecule has 0 bridgehead atoms. The molecule has 7 heteroatoms. The van der Waals surface area contributed by atoms with Crippen LogP contribution in [-0.4, -0.2) is 54.5 Å². The van der Waals surface area contributed by atoms with Crippen molar-refractivity contribution in [3.63, 3.8) is 0 Å². The van der Waals surface area contributed by atoms with Crippen LogP contribution >= 0.6 is 0 Å². The van der Waals surface area contributed by atoms with Gasteiger partial charge in [-0.2, -0.15) is 13.2 Å². The summed E-state index contributed by atoms with van der Waals surface area (Å²) >= 11 is 0. The first kappa shape index (κ1) is 19.6. The summed E-state index contributed by atoms with van der Waals surface area (Å²) in [6.45, 7) is 5.91. The number of ether oxygens (including phenoxy) is 1. The maximum Gasteiger partial charge on any atom is 0.416 e. The molecule has 0 spiro atoms. The molecule has 1 atom stereocenters. The Morgan fingerprint density at radius 3 is 2.56 bits per heavy atom. The van der Waals surface area contributed by atoms with Crippen molar-refractivity contribution < 1.29 is 22.7 Å². The van der Waals surface area contributed by atoms with Crippen molar-refractivity contribution in [3.05, 3.63) is 29.8 Å². The standard InChI is InChI=1S/C18H25F3N2O2/c1-4-23(15-8-10-22(3)11-9-15)17(24)13(2)25-16-7-5-6-14(12-16)18(19,20)21/h5-7,12-13,15H,4,8-11H2,1-3H3. The highest BCUT2D eigenvalue weighted by atomic mass is 19.4. The number of carbonyl (C=O) groups is 1. The van der Waals surface area contributed by atoms with Gasteiger partial charge in [-0.15, -0.1) is 0 Å². The molecule has 1 heterocycles. The summed E-state index contributed by atoms with van der Waals surface area (Å²) in [6.07, 6.45) is -3.47. The van der Waals surface area contributed by atoms with Crippen molar-refractivity contribution in [2.24, 2.45) is 0 Å². The molecule has 140 valence electrons. The van der Waals surface area contributed by atoms with Crippen molar-refractivity contribution in [2.45, 2.75) is 45.0 Å². The molecular weight excluding hydrogens is 333 g/mol. The molecule has 25 heavy (non-hydrogen) atoms. The Bertz CT molecular complexity index is 584. The number of likely N-dealkylation sites (N-methyl/N-ethyl adjacent to an activating group) is 1. The Labute approximate surface area is 146 Å². The van der Waals surface area contributed by atoms with Gasteiger partial charge in [0.05, 0.1) is 5.56 Å². The molecule has 0 aliphatic carbocycles. The van der Waals surface area contributed by atoms with Gasteiger partial charge >= 0.3 is 6.18 Å². The molecule has 1 fully saturated rings. The number of nitrogens with zero attached hydrogens (tertiary/aromatic N) is 2. The lowest BCUT2D eigenvalue weighted by Crippen LogP contribution is -2.50. The Morgan fingerprint density at radius 1 is 1.36 bits per heavy atom. The summed E-state index contributed by atoms with van der Waals surface area (Å²) in [7, 11) is 2.05. The van der Waals surface area contributed by atoms with Gasteiger partial charge in [0.2, 0.25) is 0 Å². The average molecular weight is 358 g/mol. The summed E-state index contributed by atoms with van der Waals surface area (Å²) in [5, 5.41) is 0. The van der Waals surface area contributed by atoms with Crippen molar-refractivity contribution in [3.8, 4) is 5.75 Å². The van der Waals surface area contributed by atoms with Gasteiger partial charge in [0.25, 0.3) is 5.91 Å². The second kappa shape index (κ2) is 8.08. The van der Waals surface area contributed by atoms with Crippen LogP contribution in [0, 0.1) is 0 Å². The first-order valence-corrected chi connectivity index (χ1v) is 8.55. The monoisotopic (exact) mass is 358 g/mol. The molecule has 0 saturated carbocycles. The van der Waals surface area contributed by atoms with E-state index in [2.05, 4.69) is 4.90 Å². The van der Waals surface area contributed by atoms with Crippen molar-refractivity contribution in [2.75, 3.05) is 26.7 Å². The predicted molar refractivity (Wildman–Crippen MR) is 89.4 cm³/mol. The van der Waals surface area contributed by atoms with Gasteiger partial charge in [-0.05, 0) is 65.0 Å². The molecular formula is C18H25F3N2O2. The summed E-state index contributed by atoms with van der Waals surface area (Å²) < 4.78 is 43.9. The van der Waals surface area contributed by atoms with E-state index in [0.29, 0.717) is 6.54 Å². The minimum absolute atomic E-state index is 0.0510. The minimum Gasteiger partial charge on any atom is -0.481 e. The fourth-order valence-electron chi connectivity index (χ4n) is 3.13.